The van der Waals surface area contributed by atoms with E-state index < -0.39 is 0 Å². The van der Waals surface area contributed by atoms with Gasteiger partial charge in [-0.1, -0.05) is 19.9 Å². The highest BCUT2D eigenvalue weighted by Gasteiger charge is 2.30. The zero-order valence-electron chi connectivity index (χ0n) is 12.5. The lowest BCUT2D eigenvalue weighted by Crippen LogP contribution is -2.46. The van der Waals surface area contributed by atoms with Crippen LogP contribution in [0.3, 0.4) is 0 Å². The second-order valence-electron chi connectivity index (χ2n) is 5.83. The Kier molecular flexibility index (Phi) is 4.23. The molecular weight excluding hydrogens is 236 g/mol. The van der Waals surface area contributed by atoms with Gasteiger partial charge in [-0.25, -0.2) is 0 Å². The van der Waals surface area contributed by atoms with Gasteiger partial charge in [-0.2, -0.15) is 0 Å². The van der Waals surface area contributed by atoms with E-state index in [1.165, 1.54) is 6.42 Å². The maximum absolute atomic E-state index is 6.29. The van der Waals surface area contributed by atoms with E-state index in [-0.39, 0.29) is 0 Å². The van der Waals surface area contributed by atoms with Crippen molar-refractivity contribution in [3.05, 3.63) is 18.2 Å². The van der Waals surface area contributed by atoms with Crippen LogP contribution in [0.1, 0.15) is 34.1 Å². The molecule has 1 aromatic carbocycles. The Morgan fingerprint density at radius 1 is 1.32 bits per heavy atom. The average molecular weight is 262 g/mol. The summed E-state index contributed by atoms with van der Waals surface area (Å²) in [5.41, 5.74) is 8.18. The summed E-state index contributed by atoms with van der Waals surface area (Å²) in [6.45, 7) is 10.7. The minimum Gasteiger partial charge on any atom is -0.492 e. The van der Waals surface area contributed by atoms with Gasteiger partial charge in [-0.15, -0.1) is 0 Å². The molecule has 1 fully saturated rings. The lowest BCUT2D eigenvalue weighted by Gasteiger charge is -2.43. The molecule has 0 aliphatic carbocycles. The zero-order valence-corrected chi connectivity index (χ0v) is 12.5. The predicted molar refractivity (Wildman–Crippen MR) is 81.8 cm³/mol. The molecule has 0 bridgehead atoms. The fourth-order valence-corrected chi connectivity index (χ4v) is 3.10. The van der Waals surface area contributed by atoms with Crippen molar-refractivity contribution in [2.24, 2.45) is 11.8 Å². The Morgan fingerprint density at radius 2 is 2.05 bits per heavy atom. The number of piperidine rings is 1. The van der Waals surface area contributed by atoms with Crippen molar-refractivity contribution in [1.82, 2.24) is 0 Å². The van der Waals surface area contributed by atoms with Gasteiger partial charge >= 0.3 is 0 Å². The number of anilines is 2. The van der Waals surface area contributed by atoms with Crippen LogP contribution in [0, 0.1) is 11.8 Å². The molecule has 3 atom stereocenters. The average Bonchev–Trinajstić information content (AvgIpc) is 2.37. The highest BCUT2D eigenvalue weighted by atomic mass is 16.5. The molecule has 2 rings (SSSR count). The fourth-order valence-electron chi connectivity index (χ4n) is 3.10. The normalized spacial score (nSPS) is 27.4. The van der Waals surface area contributed by atoms with Gasteiger partial charge in [0.2, 0.25) is 0 Å². The SMILES string of the molecule is CCOc1cccc(N2CC(C)CC(C)C2C)c1N. The topological polar surface area (TPSA) is 38.5 Å². The van der Waals surface area contributed by atoms with Gasteiger partial charge in [0.15, 0.2) is 0 Å². The van der Waals surface area contributed by atoms with Crippen LogP contribution in [0.15, 0.2) is 18.2 Å². The first-order valence-corrected chi connectivity index (χ1v) is 7.32. The molecule has 1 aliphatic rings. The lowest BCUT2D eigenvalue weighted by molar-refractivity contribution is 0.296. The van der Waals surface area contributed by atoms with E-state index in [9.17, 15) is 0 Å². The molecule has 0 amide bonds. The largest absolute Gasteiger partial charge is 0.492 e. The molecule has 1 aromatic rings. The van der Waals surface area contributed by atoms with Crippen molar-refractivity contribution in [3.8, 4) is 5.75 Å². The summed E-state index contributed by atoms with van der Waals surface area (Å²) >= 11 is 0. The minimum absolute atomic E-state index is 0.523. The molecule has 1 aliphatic heterocycles. The summed E-state index contributed by atoms with van der Waals surface area (Å²) in [6, 6.07) is 6.62. The van der Waals surface area contributed by atoms with Crippen molar-refractivity contribution in [3.63, 3.8) is 0 Å². The summed E-state index contributed by atoms with van der Waals surface area (Å²) in [5, 5.41) is 0. The Hall–Kier alpha value is -1.38. The number of ether oxygens (including phenoxy) is 1. The quantitative estimate of drug-likeness (QED) is 0.847. The molecule has 1 saturated heterocycles. The summed E-state index contributed by atoms with van der Waals surface area (Å²) in [6.07, 6.45) is 1.29. The van der Waals surface area contributed by atoms with Crippen LogP contribution in [0.5, 0.6) is 5.75 Å². The molecule has 0 radical (unpaired) electrons. The second-order valence-corrected chi connectivity index (χ2v) is 5.83. The van der Waals surface area contributed by atoms with Crippen LogP contribution >= 0.6 is 0 Å². The Balaban J connectivity index is 2.32. The van der Waals surface area contributed by atoms with Crippen LogP contribution in [-0.2, 0) is 0 Å². The van der Waals surface area contributed by atoms with E-state index in [4.69, 9.17) is 10.5 Å². The van der Waals surface area contributed by atoms with E-state index >= 15 is 0 Å². The van der Waals surface area contributed by atoms with Gasteiger partial charge in [-0.3, -0.25) is 0 Å². The predicted octanol–water partition coefficient (Wildman–Crippen LogP) is 3.54. The zero-order chi connectivity index (χ0) is 14.0. The van der Waals surface area contributed by atoms with Gasteiger partial charge in [0.1, 0.15) is 5.75 Å². The monoisotopic (exact) mass is 262 g/mol. The molecule has 3 heteroatoms. The Labute approximate surface area is 116 Å². The number of hydrogen-bond donors (Lipinski definition) is 1. The molecule has 3 nitrogen and oxygen atoms in total. The van der Waals surface area contributed by atoms with E-state index in [2.05, 4.69) is 31.7 Å². The molecule has 0 saturated carbocycles. The number of nitrogens with two attached hydrogens (primary N) is 1. The standard InChI is InChI=1S/C16H26N2O/c1-5-19-15-8-6-7-14(16(15)17)18-10-11(2)9-12(3)13(18)4/h6-8,11-13H,5,9-10,17H2,1-4H3. The maximum atomic E-state index is 6.29. The van der Waals surface area contributed by atoms with Gasteiger partial charge in [0, 0.05) is 12.6 Å². The summed E-state index contributed by atoms with van der Waals surface area (Å²) < 4.78 is 5.61. The molecule has 19 heavy (non-hydrogen) atoms. The van der Waals surface area contributed by atoms with Crippen LogP contribution < -0.4 is 15.4 Å². The van der Waals surface area contributed by atoms with Crippen LogP contribution in [0.2, 0.25) is 0 Å². The van der Waals surface area contributed by atoms with Crippen LogP contribution in [0.25, 0.3) is 0 Å². The third-order valence-corrected chi connectivity index (χ3v) is 4.25. The van der Waals surface area contributed by atoms with Crippen molar-refractivity contribution < 1.29 is 4.74 Å². The number of nitrogen functional groups attached to an aromatic ring is 1. The van der Waals surface area contributed by atoms with Crippen LogP contribution in [0.4, 0.5) is 11.4 Å². The molecular formula is C16H26N2O. The highest BCUT2D eigenvalue weighted by molar-refractivity contribution is 5.74. The van der Waals surface area contributed by atoms with Gasteiger partial charge in [0.05, 0.1) is 18.0 Å². The highest BCUT2D eigenvalue weighted by Crippen LogP contribution is 2.38. The first kappa shape index (κ1) is 14.0. The first-order chi connectivity index (χ1) is 9.04. The second kappa shape index (κ2) is 5.72. The van der Waals surface area contributed by atoms with Gasteiger partial charge in [-0.05, 0) is 44.2 Å². The van der Waals surface area contributed by atoms with Crippen molar-refractivity contribution in [2.45, 2.75) is 40.2 Å². The number of nitrogens with zero attached hydrogens (tertiary/aromatic N) is 1. The lowest BCUT2D eigenvalue weighted by atomic mass is 9.85. The molecule has 2 N–H and O–H groups in total. The van der Waals surface area contributed by atoms with Gasteiger partial charge < -0.3 is 15.4 Å². The fraction of sp³-hybridized carbons (Fsp3) is 0.625. The molecule has 3 unspecified atom stereocenters. The number of para-hydroxylation sites is 1. The van der Waals surface area contributed by atoms with E-state index in [1.54, 1.807) is 0 Å². The van der Waals surface area contributed by atoms with Crippen LogP contribution in [-0.4, -0.2) is 19.2 Å². The third kappa shape index (κ3) is 2.80. The van der Waals surface area contributed by atoms with Crippen molar-refractivity contribution in [2.75, 3.05) is 23.8 Å². The Bertz CT molecular complexity index is 433. The molecule has 0 spiro atoms. The number of hydrogen-bond acceptors (Lipinski definition) is 3. The first-order valence-electron chi connectivity index (χ1n) is 7.32. The minimum atomic E-state index is 0.523. The van der Waals surface area contributed by atoms with E-state index in [0.29, 0.717) is 24.5 Å². The molecule has 106 valence electrons. The molecule has 1 heterocycles. The van der Waals surface area contributed by atoms with Gasteiger partial charge in [0.25, 0.3) is 0 Å². The maximum Gasteiger partial charge on any atom is 0.144 e. The van der Waals surface area contributed by atoms with Crippen molar-refractivity contribution in [1.29, 1.82) is 0 Å². The number of rotatable bonds is 3. The van der Waals surface area contributed by atoms with E-state index in [1.807, 2.05) is 19.1 Å². The summed E-state index contributed by atoms with van der Waals surface area (Å²) in [5.74, 6) is 2.21. The summed E-state index contributed by atoms with van der Waals surface area (Å²) in [4.78, 5) is 2.44. The number of benzene rings is 1. The third-order valence-electron chi connectivity index (χ3n) is 4.25. The Morgan fingerprint density at radius 3 is 2.74 bits per heavy atom. The van der Waals surface area contributed by atoms with E-state index in [0.717, 1.165) is 23.7 Å². The molecule has 0 aromatic heterocycles. The summed E-state index contributed by atoms with van der Waals surface area (Å²) in [7, 11) is 0. The smallest absolute Gasteiger partial charge is 0.144 e. The van der Waals surface area contributed by atoms with Crippen molar-refractivity contribution >= 4 is 11.4 Å².